The summed E-state index contributed by atoms with van der Waals surface area (Å²) in [6, 6.07) is 1.98. The van der Waals surface area contributed by atoms with Crippen molar-refractivity contribution in [3.8, 4) is 0 Å². The van der Waals surface area contributed by atoms with Gasteiger partial charge in [0, 0.05) is 25.2 Å². The van der Waals surface area contributed by atoms with E-state index in [1.165, 1.54) is 0 Å². The van der Waals surface area contributed by atoms with Gasteiger partial charge in [0.05, 0.1) is 12.4 Å². The van der Waals surface area contributed by atoms with Crippen LogP contribution in [-0.4, -0.2) is 29.2 Å². The zero-order chi connectivity index (χ0) is 10.8. The lowest BCUT2D eigenvalue weighted by Gasteiger charge is -2.13. The molecule has 2 atom stereocenters. The van der Waals surface area contributed by atoms with Crippen molar-refractivity contribution >= 4 is 15.9 Å². The van der Waals surface area contributed by atoms with Crippen LogP contribution in [0, 0.1) is 5.92 Å². The van der Waals surface area contributed by atoms with Crippen LogP contribution in [0.3, 0.4) is 0 Å². The van der Waals surface area contributed by atoms with Crippen molar-refractivity contribution in [3.63, 3.8) is 0 Å². The Kier molecular flexibility index (Phi) is 3.49. The summed E-state index contributed by atoms with van der Waals surface area (Å²) in [7, 11) is 0. The van der Waals surface area contributed by atoms with E-state index in [4.69, 9.17) is 4.42 Å². The number of β-amino-alcohol motifs (C(OH)–C–C–N with tert-alkyl or cyclic N) is 1. The molecule has 1 N–H and O–H groups in total. The Balaban J connectivity index is 1.92. The van der Waals surface area contributed by atoms with Gasteiger partial charge in [-0.25, -0.2) is 0 Å². The Morgan fingerprint density at radius 1 is 1.60 bits per heavy atom. The van der Waals surface area contributed by atoms with Crippen molar-refractivity contribution in [3.05, 3.63) is 22.6 Å². The average Bonchev–Trinajstić information content (AvgIpc) is 2.73. The summed E-state index contributed by atoms with van der Waals surface area (Å²) in [4.78, 5) is 2.27. The first-order chi connectivity index (χ1) is 7.19. The highest BCUT2D eigenvalue weighted by molar-refractivity contribution is 9.10. The molecule has 1 aromatic rings. The van der Waals surface area contributed by atoms with Crippen LogP contribution in [0.15, 0.2) is 21.4 Å². The number of furan rings is 1. The van der Waals surface area contributed by atoms with E-state index >= 15 is 0 Å². The summed E-state index contributed by atoms with van der Waals surface area (Å²) in [5.74, 6) is 0.431. The number of likely N-dealkylation sites (tertiary alicyclic amines) is 1. The van der Waals surface area contributed by atoms with Gasteiger partial charge in [0.25, 0.3) is 0 Å². The third-order valence-electron chi connectivity index (χ3n) is 3.03. The summed E-state index contributed by atoms with van der Waals surface area (Å²) in [5, 5.41) is 9.77. The molecule has 1 aromatic heterocycles. The molecule has 3 nitrogen and oxygen atoms in total. The molecule has 1 fully saturated rings. The van der Waals surface area contributed by atoms with Crippen LogP contribution < -0.4 is 0 Å². The van der Waals surface area contributed by atoms with Gasteiger partial charge in [-0.05, 0) is 34.3 Å². The van der Waals surface area contributed by atoms with Gasteiger partial charge in [-0.15, -0.1) is 0 Å². The first-order valence-corrected chi connectivity index (χ1v) is 6.11. The van der Waals surface area contributed by atoms with Crippen LogP contribution in [0.2, 0.25) is 0 Å². The number of hydrogen-bond acceptors (Lipinski definition) is 3. The third-order valence-corrected chi connectivity index (χ3v) is 3.45. The maximum Gasteiger partial charge on any atom is 0.169 e. The quantitative estimate of drug-likeness (QED) is 0.918. The number of nitrogens with zero attached hydrogens (tertiary/aromatic N) is 1. The topological polar surface area (TPSA) is 36.6 Å². The normalized spacial score (nSPS) is 27.4. The number of aliphatic hydroxyl groups excluding tert-OH is 1. The fraction of sp³-hybridized carbons (Fsp3) is 0.636. The standard InChI is InChI=1S/C11H16BrNO2/c1-2-9-5-13(6-10(9)14)4-8-3-11(12)15-7-8/h3,7,9-10,14H,2,4-6H2,1H3. The fourth-order valence-electron chi connectivity index (χ4n) is 2.16. The summed E-state index contributed by atoms with van der Waals surface area (Å²) in [5.41, 5.74) is 1.16. The maximum atomic E-state index is 9.77. The molecule has 0 bridgehead atoms. The highest BCUT2D eigenvalue weighted by Gasteiger charge is 2.29. The molecule has 1 saturated heterocycles. The fourth-order valence-corrected chi connectivity index (χ4v) is 2.55. The van der Waals surface area contributed by atoms with Crippen LogP contribution >= 0.6 is 15.9 Å². The van der Waals surface area contributed by atoms with Crippen LogP contribution in [0.4, 0.5) is 0 Å². The Bertz CT molecular complexity index is 326. The SMILES string of the molecule is CCC1CN(Cc2coc(Br)c2)CC1O. The molecule has 0 aromatic carbocycles. The zero-order valence-corrected chi connectivity index (χ0v) is 10.4. The average molecular weight is 274 g/mol. The molecule has 0 radical (unpaired) electrons. The Labute approximate surface area is 98.2 Å². The molecule has 2 unspecified atom stereocenters. The Morgan fingerprint density at radius 3 is 2.93 bits per heavy atom. The van der Waals surface area contributed by atoms with Gasteiger partial charge in [0.2, 0.25) is 0 Å². The number of aliphatic hydroxyl groups is 1. The van der Waals surface area contributed by atoms with Crippen molar-refractivity contribution in [2.45, 2.75) is 26.0 Å². The van der Waals surface area contributed by atoms with E-state index in [9.17, 15) is 5.11 Å². The largest absolute Gasteiger partial charge is 0.457 e. The Hall–Kier alpha value is -0.320. The lowest BCUT2D eigenvalue weighted by molar-refractivity contribution is 0.139. The summed E-state index contributed by atoms with van der Waals surface area (Å²) >= 11 is 3.28. The van der Waals surface area contributed by atoms with Gasteiger partial charge in [0.15, 0.2) is 4.67 Å². The summed E-state index contributed by atoms with van der Waals surface area (Å²) in [6.07, 6.45) is 2.65. The minimum atomic E-state index is -0.162. The molecule has 0 aliphatic carbocycles. The van der Waals surface area contributed by atoms with Crippen LogP contribution in [-0.2, 0) is 6.54 Å². The van der Waals surface area contributed by atoms with E-state index in [0.29, 0.717) is 5.92 Å². The second-order valence-corrected chi connectivity index (χ2v) is 4.97. The zero-order valence-electron chi connectivity index (χ0n) is 8.82. The van der Waals surface area contributed by atoms with E-state index in [0.717, 1.165) is 36.3 Å². The molecule has 0 spiro atoms. The second-order valence-electron chi connectivity index (χ2n) is 4.19. The highest BCUT2D eigenvalue weighted by Crippen LogP contribution is 2.23. The van der Waals surface area contributed by atoms with Gasteiger partial charge < -0.3 is 9.52 Å². The van der Waals surface area contributed by atoms with Gasteiger partial charge in [-0.1, -0.05) is 6.92 Å². The molecule has 84 valence electrons. The predicted octanol–water partition coefficient (Wildman–Crippen LogP) is 2.24. The molecule has 0 saturated carbocycles. The molecular weight excluding hydrogens is 258 g/mol. The minimum absolute atomic E-state index is 0.162. The van der Waals surface area contributed by atoms with Crippen molar-refractivity contribution in [1.29, 1.82) is 0 Å². The second kappa shape index (κ2) is 4.68. The summed E-state index contributed by atoms with van der Waals surface area (Å²) < 4.78 is 5.95. The number of rotatable bonds is 3. The van der Waals surface area contributed by atoms with Gasteiger partial charge >= 0.3 is 0 Å². The van der Waals surface area contributed by atoms with Gasteiger partial charge in [-0.3, -0.25) is 4.90 Å². The maximum absolute atomic E-state index is 9.77. The third kappa shape index (κ3) is 2.62. The number of halogens is 1. The number of hydrogen-bond donors (Lipinski definition) is 1. The monoisotopic (exact) mass is 273 g/mol. The van der Waals surface area contributed by atoms with Crippen molar-refractivity contribution < 1.29 is 9.52 Å². The predicted molar refractivity (Wildman–Crippen MR) is 61.5 cm³/mol. The van der Waals surface area contributed by atoms with E-state index in [-0.39, 0.29) is 6.10 Å². The van der Waals surface area contributed by atoms with Gasteiger partial charge in [0.1, 0.15) is 0 Å². The molecule has 0 amide bonds. The lowest BCUT2D eigenvalue weighted by atomic mass is 10.0. The van der Waals surface area contributed by atoms with E-state index in [1.54, 1.807) is 6.26 Å². The molecule has 1 aliphatic heterocycles. The van der Waals surface area contributed by atoms with Crippen LogP contribution in [0.5, 0.6) is 0 Å². The molecule has 1 aliphatic rings. The molecule has 4 heteroatoms. The van der Waals surface area contributed by atoms with Crippen molar-refractivity contribution in [1.82, 2.24) is 4.90 Å². The minimum Gasteiger partial charge on any atom is -0.457 e. The first kappa shape index (κ1) is 11.2. The lowest BCUT2D eigenvalue weighted by Crippen LogP contribution is -2.21. The van der Waals surface area contributed by atoms with Crippen LogP contribution in [0.25, 0.3) is 0 Å². The molecule has 2 rings (SSSR count). The van der Waals surface area contributed by atoms with Crippen molar-refractivity contribution in [2.24, 2.45) is 5.92 Å². The first-order valence-electron chi connectivity index (χ1n) is 5.32. The molecule has 15 heavy (non-hydrogen) atoms. The smallest absolute Gasteiger partial charge is 0.169 e. The van der Waals surface area contributed by atoms with Crippen molar-refractivity contribution in [2.75, 3.05) is 13.1 Å². The summed E-state index contributed by atoms with van der Waals surface area (Å²) in [6.45, 7) is 4.76. The van der Waals surface area contributed by atoms with E-state index < -0.39 is 0 Å². The molecular formula is C11H16BrNO2. The van der Waals surface area contributed by atoms with E-state index in [2.05, 4.69) is 27.8 Å². The van der Waals surface area contributed by atoms with Gasteiger partial charge in [-0.2, -0.15) is 0 Å². The Morgan fingerprint density at radius 2 is 2.40 bits per heavy atom. The van der Waals surface area contributed by atoms with Crippen LogP contribution in [0.1, 0.15) is 18.9 Å². The highest BCUT2D eigenvalue weighted by atomic mass is 79.9. The molecule has 2 heterocycles. The van der Waals surface area contributed by atoms with E-state index in [1.807, 2.05) is 6.07 Å².